The molecule has 1 nitrogen and oxygen atoms in total. The van der Waals surface area contributed by atoms with Gasteiger partial charge in [-0.2, -0.15) is 12.6 Å². The molecule has 0 radical (unpaired) electrons. The molecule has 0 atom stereocenters. The van der Waals surface area contributed by atoms with E-state index in [-0.39, 0.29) is 11.5 Å². The highest BCUT2D eigenvalue weighted by Crippen LogP contribution is 1.58. The normalized spacial score (nSPS) is 26.5. The molecule has 4 heavy (non-hydrogen) atoms. The first-order chi connectivity index (χ1) is 3.50. The number of hydrogen-bond donors (Lipinski definition) is 2. The summed E-state index contributed by atoms with van der Waals surface area (Å²) in [5.74, 6) is -0.139. The molecule has 0 saturated carbocycles. The summed E-state index contributed by atoms with van der Waals surface area (Å²) in [6.45, 7) is -1.93. The van der Waals surface area contributed by atoms with Crippen molar-refractivity contribution in [1.82, 2.24) is 0 Å². The van der Waals surface area contributed by atoms with Crippen molar-refractivity contribution in [2.45, 2.75) is 0 Å². The maximum Gasteiger partial charge on any atom is 0.118 e. The van der Waals surface area contributed by atoms with Crippen molar-refractivity contribution < 1.29 is 5.57 Å². The van der Waals surface area contributed by atoms with E-state index in [9.17, 15) is 0 Å². The van der Waals surface area contributed by atoms with Crippen LogP contribution in [0.2, 0.25) is 2.82 Å². The van der Waals surface area contributed by atoms with E-state index in [2.05, 4.69) is 12.6 Å². The molecule has 0 amide bonds. The maximum atomic E-state index is 6.77. The lowest BCUT2D eigenvalue weighted by molar-refractivity contribution is 1.16. The summed E-state index contributed by atoms with van der Waals surface area (Å²) >= 11 is 3.58. The summed E-state index contributed by atoms with van der Waals surface area (Å²) in [5, 5.41) is 0. The zero-order chi connectivity index (χ0) is 6.78. The van der Waals surface area contributed by atoms with Crippen LogP contribution in [0.4, 0.5) is 0 Å². The second-order valence-electron chi connectivity index (χ2n) is 0.316. The zero-order valence-corrected chi connectivity index (χ0v) is 3.00. The van der Waals surface area contributed by atoms with Crippen molar-refractivity contribution in [3.8, 4) is 0 Å². The second-order valence-corrected chi connectivity index (χ2v) is 0.632. The maximum absolute atomic E-state index is 6.77. The van der Waals surface area contributed by atoms with Gasteiger partial charge >= 0.3 is 0 Å². The van der Waals surface area contributed by atoms with Gasteiger partial charge in [-0.05, 0) is 0 Å². The Morgan fingerprint density at radius 1 is 2.50 bits per heavy atom. The standard InChI is InChI=1S/C2H7NS/c3-1-2-4/h4H,1-3H2/i1D2/hD2. The van der Waals surface area contributed by atoms with Crippen LogP contribution in [0.1, 0.15) is 2.74 Å². The summed E-state index contributed by atoms with van der Waals surface area (Å²) < 4.78 is 26.5. The number of rotatable bonds is 2. The van der Waals surface area contributed by atoms with Crippen LogP contribution in [0.15, 0.2) is 0 Å². The van der Waals surface area contributed by atoms with Gasteiger partial charge in [-0.1, -0.05) is 0 Å². The molecule has 26 valence electrons. The topological polar surface area (TPSA) is 26.0 Å². The Morgan fingerprint density at radius 2 is 3.25 bits per heavy atom. The van der Waals surface area contributed by atoms with Gasteiger partial charge in [-0.25, -0.2) is 0 Å². The van der Waals surface area contributed by atoms with Gasteiger partial charge in [-0.15, -0.1) is 0 Å². The fourth-order valence-electron chi connectivity index (χ4n) is 0. The third kappa shape index (κ3) is 2.31. The van der Waals surface area contributed by atoms with Gasteiger partial charge in [0.15, 0.2) is 0 Å². The van der Waals surface area contributed by atoms with Crippen LogP contribution in [0.5, 0.6) is 0 Å². The van der Waals surface area contributed by atoms with E-state index in [1.807, 2.05) is 0 Å². The van der Waals surface area contributed by atoms with Gasteiger partial charge in [0.25, 0.3) is 0 Å². The van der Waals surface area contributed by atoms with Crippen LogP contribution in [-0.4, -0.2) is 12.2 Å². The van der Waals surface area contributed by atoms with Crippen LogP contribution < -0.4 is 5.72 Å². The van der Waals surface area contributed by atoms with Crippen LogP contribution in [-0.2, 0) is 0 Å². The van der Waals surface area contributed by atoms with Crippen molar-refractivity contribution in [3.63, 3.8) is 0 Å². The predicted octanol–water partition coefficient (Wildman–Crippen LogP) is -0.125. The van der Waals surface area contributed by atoms with E-state index >= 15 is 0 Å². The SMILES string of the molecule is [2H]N([2H])C([2H])([2H])CS. The molecule has 0 bridgehead atoms. The second kappa shape index (κ2) is 3.31. The lowest BCUT2D eigenvalue weighted by Gasteiger charge is -1.69. The summed E-state index contributed by atoms with van der Waals surface area (Å²) in [4.78, 5) is 0. The summed E-state index contributed by atoms with van der Waals surface area (Å²) in [5.41, 5.74) is 0.000000000000000222. The van der Waals surface area contributed by atoms with Gasteiger partial charge in [0, 0.05) is 15.0 Å². The van der Waals surface area contributed by atoms with Crippen molar-refractivity contribution in [1.29, 1.82) is 0 Å². The molecule has 2 heteroatoms. The molecule has 0 unspecified atom stereocenters. The quantitative estimate of drug-likeness (QED) is 0.445. The molecule has 0 fully saturated rings. The Bertz CT molecular complexity index is 74.4. The largest absolute Gasteiger partial charge is 0.330 e. The number of nitrogens with two attached hydrogens (primary N) is 1. The highest BCUT2D eigenvalue weighted by Gasteiger charge is 1.56. The zero-order valence-electron chi connectivity index (χ0n) is 6.10. The van der Waals surface area contributed by atoms with E-state index in [0.29, 0.717) is 0 Å². The lowest BCUT2D eigenvalue weighted by atomic mass is 10.8. The predicted molar refractivity (Wildman–Crippen MR) is 22.9 cm³/mol. The molecule has 0 rings (SSSR count). The van der Waals surface area contributed by atoms with Gasteiger partial charge in [-0.3, -0.25) is 0 Å². The monoisotopic (exact) mass is 81.1 g/mol. The third-order valence-electron chi connectivity index (χ3n) is 0.0707. The fourth-order valence-corrected chi connectivity index (χ4v) is 0. The molecular weight excluding hydrogens is 70.1 g/mol. The molecule has 0 aromatic rings. The Balaban J connectivity index is 3.71. The third-order valence-corrected chi connectivity index (χ3v) is 0.212. The average Bonchev–Trinajstić information content (AvgIpc) is 1.67. The smallest absolute Gasteiger partial charge is 0.118 e. The molecule has 0 aliphatic carbocycles. The van der Waals surface area contributed by atoms with Gasteiger partial charge in [0.2, 0.25) is 0 Å². The minimum absolute atomic E-state index is 0.000000000000000222. The number of thiol groups is 1. The van der Waals surface area contributed by atoms with Gasteiger partial charge < -0.3 is 5.72 Å². The van der Waals surface area contributed by atoms with E-state index < -0.39 is 6.50 Å². The summed E-state index contributed by atoms with van der Waals surface area (Å²) in [6, 6.07) is 0. The Kier molecular flexibility index (Phi) is 0.731. The lowest BCUT2D eigenvalue weighted by Crippen LogP contribution is -1.97. The van der Waals surface area contributed by atoms with Crippen LogP contribution >= 0.6 is 12.6 Å². The van der Waals surface area contributed by atoms with Crippen LogP contribution in [0, 0.1) is 0 Å². The minimum atomic E-state index is -1.93. The first-order valence-corrected chi connectivity index (χ1v) is 1.53. The molecule has 0 aliphatic heterocycles. The van der Waals surface area contributed by atoms with E-state index in [1.165, 1.54) is 0 Å². The molecule has 0 saturated heterocycles. The molecule has 2 N–H and O–H groups in total. The molecule has 0 heterocycles. The Hall–Kier alpha value is 0.310. The first kappa shape index (κ1) is 0.884. The fraction of sp³-hybridized carbons (Fsp3) is 1.00. The van der Waals surface area contributed by atoms with E-state index in [1.54, 1.807) is 0 Å². The van der Waals surface area contributed by atoms with Crippen LogP contribution in [0.3, 0.4) is 0 Å². The van der Waals surface area contributed by atoms with Crippen molar-refractivity contribution >= 4 is 12.6 Å². The average molecular weight is 81.2 g/mol. The van der Waals surface area contributed by atoms with Crippen LogP contribution in [0.25, 0.3) is 0 Å². The first-order valence-electron chi connectivity index (χ1n) is 2.79. The highest BCUT2D eigenvalue weighted by atomic mass is 32.1. The van der Waals surface area contributed by atoms with E-state index in [0.717, 1.165) is 0 Å². The molecule has 0 aromatic heterocycles. The van der Waals surface area contributed by atoms with Gasteiger partial charge in [0.1, 0.15) is 2.82 Å². The summed E-state index contributed by atoms with van der Waals surface area (Å²) in [6.07, 6.45) is 0. The Labute approximate surface area is 37.3 Å². The molecule has 0 spiro atoms. The Morgan fingerprint density at radius 3 is 3.25 bits per heavy atom. The van der Waals surface area contributed by atoms with Crippen molar-refractivity contribution in [3.05, 3.63) is 0 Å². The van der Waals surface area contributed by atoms with Crippen molar-refractivity contribution in [2.24, 2.45) is 5.72 Å². The highest BCUT2D eigenvalue weighted by molar-refractivity contribution is 7.80. The minimum Gasteiger partial charge on any atom is -0.330 e. The molecule has 0 aliphatic rings. The van der Waals surface area contributed by atoms with Crippen molar-refractivity contribution in [2.75, 3.05) is 12.2 Å². The molecule has 0 aromatic carbocycles. The summed E-state index contributed by atoms with van der Waals surface area (Å²) in [7, 11) is 0. The van der Waals surface area contributed by atoms with E-state index in [4.69, 9.17) is 5.57 Å². The van der Waals surface area contributed by atoms with Gasteiger partial charge in [0.05, 0.1) is 0 Å². The molecular formula is C2H7NS. The number of hydrogen-bond acceptors (Lipinski definition) is 2.